The number of likely N-dealkylation sites (tertiary alicyclic amines) is 2. The van der Waals surface area contributed by atoms with Crippen LogP contribution in [0.1, 0.15) is 25.7 Å². The van der Waals surface area contributed by atoms with Crippen molar-refractivity contribution in [3.05, 3.63) is 0 Å². The molecule has 2 aliphatic heterocycles. The van der Waals surface area contributed by atoms with E-state index in [1.165, 1.54) is 0 Å². The lowest BCUT2D eigenvalue weighted by Gasteiger charge is -2.20. The lowest BCUT2D eigenvalue weighted by atomic mass is 10.1. The summed E-state index contributed by atoms with van der Waals surface area (Å²) in [7, 11) is 0. The molecule has 0 aromatic carbocycles. The lowest BCUT2D eigenvalue weighted by molar-refractivity contribution is -0.135. The zero-order valence-electron chi connectivity index (χ0n) is 9.84. The quantitative estimate of drug-likeness (QED) is 0.711. The summed E-state index contributed by atoms with van der Waals surface area (Å²) in [6, 6.07) is 0.407. The fourth-order valence-corrected chi connectivity index (χ4v) is 2.84. The topological polar surface area (TPSA) is 60.9 Å². The van der Waals surface area contributed by atoms with Crippen LogP contribution in [0.15, 0.2) is 0 Å². The summed E-state index contributed by atoms with van der Waals surface area (Å²) >= 11 is 0. The average Bonchev–Trinajstić information content (AvgIpc) is 2.94. The molecule has 2 unspecified atom stereocenters. The van der Waals surface area contributed by atoms with Gasteiger partial charge in [-0.15, -0.1) is 0 Å². The molecule has 94 valence electrons. The Balaban J connectivity index is 1.61. The summed E-state index contributed by atoms with van der Waals surface area (Å²) in [6.07, 6.45) is 2.83. The second-order valence-electron chi connectivity index (χ2n) is 5.41. The highest BCUT2D eigenvalue weighted by Crippen LogP contribution is 2.33. The van der Waals surface area contributed by atoms with Gasteiger partial charge in [0, 0.05) is 32.1 Å². The average molecular weight is 238 g/mol. The summed E-state index contributed by atoms with van der Waals surface area (Å²) in [4.78, 5) is 27.5. The van der Waals surface area contributed by atoms with Crippen molar-refractivity contribution in [2.45, 2.75) is 37.8 Å². The van der Waals surface area contributed by atoms with Crippen LogP contribution in [0.4, 0.5) is 0 Å². The number of carbonyl (C=O) groups is 2. The molecule has 1 aliphatic carbocycles. The van der Waals surface area contributed by atoms with Gasteiger partial charge in [0.05, 0.1) is 12.0 Å². The highest BCUT2D eigenvalue weighted by molar-refractivity contribution is 5.89. The number of nitrogens with zero attached hydrogens (tertiary/aromatic N) is 2. The minimum absolute atomic E-state index is 0.0538. The van der Waals surface area contributed by atoms with Crippen molar-refractivity contribution in [1.29, 1.82) is 0 Å². The summed E-state index contributed by atoms with van der Waals surface area (Å²) < 4.78 is 0. The van der Waals surface area contributed by atoms with E-state index in [-0.39, 0.29) is 23.8 Å². The molecular weight excluding hydrogens is 220 g/mol. The molecule has 2 heterocycles. The fourth-order valence-electron chi connectivity index (χ4n) is 2.84. The summed E-state index contributed by atoms with van der Waals surface area (Å²) in [5.74, 6) is 0.0112. The Morgan fingerprint density at radius 3 is 2.59 bits per heavy atom. The van der Waals surface area contributed by atoms with Crippen LogP contribution in [0.2, 0.25) is 0 Å². The molecule has 0 aromatic heterocycles. The van der Waals surface area contributed by atoms with Gasteiger partial charge >= 0.3 is 0 Å². The Morgan fingerprint density at radius 1 is 1.24 bits per heavy atom. The predicted octanol–water partition coefficient (Wildman–Crippen LogP) is -0.409. The Labute approximate surface area is 100 Å². The Morgan fingerprint density at radius 2 is 2.00 bits per heavy atom. The molecule has 3 aliphatic rings. The molecule has 5 heteroatoms. The molecule has 0 radical (unpaired) electrons. The molecule has 2 saturated heterocycles. The van der Waals surface area contributed by atoms with E-state index in [0.29, 0.717) is 38.5 Å². The number of hydrogen-bond donors (Lipinski definition) is 1. The van der Waals surface area contributed by atoms with Gasteiger partial charge < -0.3 is 14.9 Å². The van der Waals surface area contributed by atoms with E-state index in [2.05, 4.69) is 0 Å². The van der Waals surface area contributed by atoms with Crippen LogP contribution in [0.5, 0.6) is 0 Å². The van der Waals surface area contributed by atoms with Gasteiger partial charge in [-0.1, -0.05) is 0 Å². The third-order valence-corrected chi connectivity index (χ3v) is 3.97. The van der Waals surface area contributed by atoms with Gasteiger partial charge in [-0.05, 0) is 19.3 Å². The first-order chi connectivity index (χ1) is 8.15. The molecule has 0 spiro atoms. The third-order valence-electron chi connectivity index (χ3n) is 3.97. The lowest BCUT2D eigenvalue weighted by Crippen LogP contribution is -2.36. The van der Waals surface area contributed by atoms with E-state index in [9.17, 15) is 14.7 Å². The number of hydrogen-bond acceptors (Lipinski definition) is 3. The molecule has 17 heavy (non-hydrogen) atoms. The smallest absolute Gasteiger partial charge is 0.228 e. The molecule has 3 rings (SSSR count). The number of amides is 2. The Hall–Kier alpha value is -1.10. The first-order valence-corrected chi connectivity index (χ1v) is 6.41. The monoisotopic (exact) mass is 238 g/mol. The zero-order chi connectivity index (χ0) is 12.0. The Kier molecular flexibility index (Phi) is 2.58. The van der Waals surface area contributed by atoms with E-state index in [1.807, 2.05) is 4.90 Å². The maximum atomic E-state index is 12.2. The van der Waals surface area contributed by atoms with Crippen LogP contribution in [-0.4, -0.2) is 58.5 Å². The van der Waals surface area contributed by atoms with E-state index >= 15 is 0 Å². The number of rotatable bonds is 2. The fraction of sp³-hybridized carbons (Fsp3) is 0.833. The SMILES string of the molecule is O=C(C1CC(=O)N(C2CC2)C1)N1CCC(O)C1. The molecule has 0 bridgehead atoms. The van der Waals surface area contributed by atoms with Crippen LogP contribution >= 0.6 is 0 Å². The molecule has 1 N–H and O–H groups in total. The van der Waals surface area contributed by atoms with Gasteiger partial charge in [0.1, 0.15) is 0 Å². The highest BCUT2D eigenvalue weighted by atomic mass is 16.3. The maximum absolute atomic E-state index is 12.2. The summed E-state index contributed by atoms with van der Waals surface area (Å²) in [5, 5.41) is 9.42. The summed E-state index contributed by atoms with van der Waals surface area (Å²) in [6.45, 7) is 1.66. The third kappa shape index (κ3) is 2.04. The van der Waals surface area contributed by atoms with Crippen molar-refractivity contribution in [3.63, 3.8) is 0 Å². The van der Waals surface area contributed by atoms with Crippen molar-refractivity contribution in [2.75, 3.05) is 19.6 Å². The molecule has 5 nitrogen and oxygen atoms in total. The zero-order valence-corrected chi connectivity index (χ0v) is 9.84. The van der Waals surface area contributed by atoms with Gasteiger partial charge in [-0.25, -0.2) is 0 Å². The van der Waals surface area contributed by atoms with Gasteiger partial charge in [0.15, 0.2) is 0 Å². The minimum atomic E-state index is -0.379. The van der Waals surface area contributed by atoms with E-state index in [4.69, 9.17) is 0 Å². The minimum Gasteiger partial charge on any atom is -0.391 e. The molecule has 3 fully saturated rings. The van der Waals surface area contributed by atoms with Gasteiger partial charge in [0.25, 0.3) is 0 Å². The normalized spacial score (nSPS) is 33.6. The number of carbonyl (C=O) groups excluding carboxylic acids is 2. The molecule has 2 amide bonds. The van der Waals surface area contributed by atoms with E-state index in [0.717, 1.165) is 12.8 Å². The van der Waals surface area contributed by atoms with Crippen molar-refractivity contribution >= 4 is 11.8 Å². The van der Waals surface area contributed by atoms with E-state index < -0.39 is 0 Å². The number of aliphatic hydroxyl groups excluding tert-OH is 1. The van der Waals surface area contributed by atoms with E-state index in [1.54, 1.807) is 4.90 Å². The van der Waals surface area contributed by atoms with Crippen molar-refractivity contribution in [2.24, 2.45) is 5.92 Å². The molecule has 1 saturated carbocycles. The molecule has 2 atom stereocenters. The predicted molar refractivity (Wildman–Crippen MR) is 60.0 cm³/mol. The summed E-state index contributed by atoms with van der Waals surface area (Å²) in [5.41, 5.74) is 0. The molecular formula is C12H18N2O3. The van der Waals surface area contributed by atoms with Crippen molar-refractivity contribution in [3.8, 4) is 0 Å². The van der Waals surface area contributed by atoms with Crippen molar-refractivity contribution < 1.29 is 14.7 Å². The van der Waals surface area contributed by atoms with Crippen LogP contribution in [-0.2, 0) is 9.59 Å². The first kappa shape index (κ1) is 11.0. The van der Waals surface area contributed by atoms with Crippen molar-refractivity contribution in [1.82, 2.24) is 9.80 Å². The van der Waals surface area contributed by atoms with Crippen LogP contribution in [0.25, 0.3) is 0 Å². The second kappa shape index (κ2) is 3.98. The first-order valence-electron chi connectivity index (χ1n) is 6.41. The van der Waals surface area contributed by atoms with Crippen LogP contribution in [0, 0.1) is 5.92 Å². The van der Waals surface area contributed by atoms with Crippen LogP contribution in [0.3, 0.4) is 0 Å². The Bertz CT molecular complexity index is 354. The number of aliphatic hydroxyl groups is 1. The maximum Gasteiger partial charge on any atom is 0.228 e. The molecule has 0 aromatic rings. The van der Waals surface area contributed by atoms with Crippen LogP contribution < -0.4 is 0 Å². The largest absolute Gasteiger partial charge is 0.391 e. The standard InChI is InChI=1S/C12H18N2O3/c15-10-3-4-13(7-10)12(17)8-5-11(16)14(6-8)9-1-2-9/h8-10,15H,1-7H2. The van der Waals surface area contributed by atoms with Gasteiger partial charge in [-0.3, -0.25) is 9.59 Å². The van der Waals surface area contributed by atoms with Gasteiger partial charge in [0.2, 0.25) is 11.8 Å². The highest BCUT2D eigenvalue weighted by Gasteiger charge is 2.43. The number of β-amino-alcohol motifs (C(OH)–C–C–N with tert-alkyl or cyclic N) is 1. The van der Waals surface area contributed by atoms with Gasteiger partial charge in [-0.2, -0.15) is 0 Å². The second-order valence-corrected chi connectivity index (χ2v) is 5.41.